The van der Waals surface area contributed by atoms with Gasteiger partial charge in [-0.05, 0) is 12.1 Å². The summed E-state index contributed by atoms with van der Waals surface area (Å²) in [4.78, 5) is 3.78. The van der Waals surface area contributed by atoms with Gasteiger partial charge < -0.3 is 0 Å². The van der Waals surface area contributed by atoms with Crippen LogP contribution in [0, 0.1) is 0 Å². The zero-order valence-corrected chi connectivity index (χ0v) is 10.1. The van der Waals surface area contributed by atoms with Crippen LogP contribution in [0.5, 0.6) is 0 Å². The molecule has 0 fully saturated rings. The Bertz CT molecular complexity index is 213. The van der Waals surface area contributed by atoms with E-state index in [1.54, 1.807) is 12.4 Å². The molecule has 0 bridgehead atoms. The number of hydrogen-bond donors (Lipinski definition) is 0. The zero-order chi connectivity index (χ0) is 8.49. The molecule has 0 aromatic carbocycles. The van der Waals surface area contributed by atoms with Crippen LogP contribution in [0.15, 0.2) is 52.6 Å². The molecule has 0 amide bonds. The van der Waals surface area contributed by atoms with Crippen LogP contribution >= 0.6 is 0 Å². The molecule has 0 saturated carbocycles. The molecule has 1 aliphatic rings. The monoisotopic (exact) mass is 353 g/mol. The smallest absolute Gasteiger partial charge is 0.0267 e. The maximum Gasteiger partial charge on any atom is 0.0267 e. The molecular weight excluding hydrogens is 343 g/mol. The molecule has 12 heavy (non-hydrogen) atoms. The normalized spacial score (nSPS) is 12.0. The van der Waals surface area contributed by atoms with Crippen LogP contribution in [0.3, 0.4) is 0 Å². The van der Waals surface area contributed by atoms with Gasteiger partial charge in [-0.1, -0.05) is 6.07 Å². The quantitative estimate of drug-likeness (QED) is 0.647. The van der Waals surface area contributed by atoms with Crippen molar-refractivity contribution >= 4 is 26.5 Å². The SMILES string of the molecule is C1=C[CH]=[Bi][CH]=C1.c1ccncc1. The Morgan fingerprint density at radius 1 is 0.833 bits per heavy atom. The number of allylic oxidation sites excluding steroid dienone is 3. The van der Waals surface area contributed by atoms with E-state index < -0.39 is 0 Å². The predicted octanol–water partition coefficient (Wildman–Crippen LogP) is 1.66. The van der Waals surface area contributed by atoms with Crippen molar-refractivity contribution in [3.05, 3.63) is 52.6 Å². The zero-order valence-electron chi connectivity index (χ0n) is 6.67. The summed E-state index contributed by atoms with van der Waals surface area (Å²) in [5.74, 6) is 0. The van der Waals surface area contributed by atoms with Crippen LogP contribution < -0.4 is 0 Å². The second-order valence-corrected chi connectivity index (χ2v) is 5.53. The van der Waals surface area contributed by atoms with Gasteiger partial charge in [0.05, 0.1) is 0 Å². The Morgan fingerprint density at radius 3 is 1.83 bits per heavy atom. The number of hydrogen-bond acceptors (Lipinski definition) is 1. The van der Waals surface area contributed by atoms with Crippen LogP contribution in [-0.2, 0) is 0 Å². The van der Waals surface area contributed by atoms with Crippen molar-refractivity contribution in [1.82, 2.24) is 4.98 Å². The maximum atomic E-state index is 3.78. The fraction of sp³-hybridized carbons (Fsp3) is 0. The van der Waals surface area contributed by atoms with Gasteiger partial charge >= 0.3 is 48.5 Å². The van der Waals surface area contributed by atoms with Crippen LogP contribution in [0.2, 0.25) is 0 Å². The van der Waals surface area contributed by atoms with Gasteiger partial charge in [-0.2, -0.15) is 0 Å². The summed E-state index contributed by atoms with van der Waals surface area (Å²) < 4.78 is 4.61. The third kappa shape index (κ3) is 5.09. The number of nitrogens with zero attached hydrogens (tertiary/aromatic N) is 1. The first kappa shape index (κ1) is 9.47. The predicted molar refractivity (Wildman–Crippen MR) is 54.3 cm³/mol. The third-order valence-electron chi connectivity index (χ3n) is 1.13. The van der Waals surface area contributed by atoms with Gasteiger partial charge in [0.2, 0.25) is 0 Å². The Balaban J connectivity index is 0.000000120. The fourth-order valence-corrected chi connectivity index (χ4v) is 2.56. The minimum atomic E-state index is -0.181. The van der Waals surface area contributed by atoms with E-state index in [4.69, 9.17) is 0 Å². The Morgan fingerprint density at radius 2 is 1.67 bits per heavy atom. The molecule has 1 aliphatic heterocycles. The summed E-state index contributed by atoms with van der Waals surface area (Å²) in [6.45, 7) is 0. The van der Waals surface area contributed by atoms with Crippen molar-refractivity contribution in [2.45, 2.75) is 0 Å². The van der Waals surface area contributed by atoms with Gasteiger partial charge in [0.15, 0.2) is 0 Å². The van der Waals surface area contributed by atoms with E-state index in [0.29, 0.717) is 0 Å². The van der Waals surface area contributed by atoms with E-state index in [1.807, 2.05) is 18.2 Å². The molecule has 2 heteroatoms. The van der Waals surface area contributed by atoms with E-state index >= 15 is 0 Å². The first-order valence-corrected chi connectivity index (χ1v) is 7.71. The number of aromatic nitrogens is 1. The summed E-state index contributed by atoms with van der Waals surface area (Å²) in [6, 6.07) is 5.72. The van der Waals surface area contributed by atoms with E-state index in [-0.39, 0.29) is 22.8 Å². The van der Waals surface area contributed by atoms with Crippen LogP contribution in [0.1, 0.15) is 0 Å². The average Bonchev–Trinajstić information content (AvgIpc) is 2.24. The molecule has 0 radical (unpaired) electrons. The van der Waals surface area contributed by atoms with Crippen molar-refractivity contribution in [2.75, 3.05) is 0 Å². The van der Waals surface area contributed by atoms with E-state index in [9.17, 15) is 0 Å². The van der Waals surface area contributed by atoms with Gasteiger partial charge in [0.1, 0.15) is 0 Å². The molecular formula is C10H10BiN. The summed E-state index contributed by atoms with van der Waals surface area (Å²) >= 11 is -0.181. The molecule has 2 rings (SSSR count). The summed E-state index contributed by atoms with van der Waals surface area (Å²) in [7, 11) is 0. The fourth-order valence-electron chi connectivity index (χ4n) is 0.625. The minimum Gasteiger partial charge on any atom is -0.265 e. The van der Waals surface area contributed by atoms with Gasteiger partial charge in [0.25, 0.3) is 0 Å². The second kappa shape index (κ2) is 7.06. The van der Waals surface area contributed by atoms with Crippen molar-refractivity contribution in [3.63, 3.8) is 0 Å². The van der Waals surface area contributed by atoms with Crippen molar-refractivity contribution < 1.29 is 0 Å². The number of rotatable bonds is 0. The van der Waals surface area contributed by atoms with Crippen molar-refractivity contribution in [3.8, 4) is 0 Å². The van der Waals surface area contributed by atoms with Crippen molar-refractivity contribution in [2.24, 2.45) is 0 Å². The van der Waals surface area contributed by atoms with E-state index in [1.165, 1.54) is 0 Å². The molecule has 1 aromatic rings. The van der Waals surface area contributed by atoms with Gasteiger partial charge in [-0.3, -0.25) is 4.98 Å². The Kier molecular flexibility index (Phi) is 5.57. The minimum absolute atomic E-state index is 0.181. The Labute approximate surface area is 83.9 Å². The first-order valence-electron chi connectivity index (χ1n) is 3.70. The maximum absolute atomic E-state index is 3.78. The molecule has 1 aromatic heterocycles. The number of pyridine rings is 1. The van der Waals surface area contributed by atoms with Crippen LogP contribution in [-0.4, -0.2) is 31.4 Å². The van der Waals surface area contributed by atoms with E-state index in [2.05, 4.69) is 30.7 Å². The van der Waals surface area contributed by atoms with Crippen LogP contribution in [0.25, 0.3) is 0 Å². The molecule has 0 saturated heterocycles. The molecule has 0 atom stereocenters. The van der Waals surface area contributed by atoms with Gasteiger partial charge in [-0.15, -0.1) is 0 Å². The van der Waals surface area contributed by atoms with Gasteiger partial charge in [-0.25, -0.2) is 0 Å². The summed E-state index contributed by atoms with van der Waals surface area (Å²) in [5.41, 5.74) is 0. The standard InChI is InChI=1S/C5H5N.C5H5.Bi/c1-2-4-6-5-3-1;1-3-5-4-2;/h1-5H;1-5H;. The third-order valence-corrected chi connectivity index (χ3v) is 3.81. The molecule has 60 valence electrons. The van der Waals surface area contributed by atoms with E-state index in [0.717, 1.165) is 0 Å². The first-order chi connectivity index (χ1) is 6.00. The second-order valence-electron chi connectivity index (χ2n) is 2.05. The molecule has 2 heterocycles. The molecule has 0 unspecified atom stereocenters. The topological polar surface area (TPSA) is 12.9 Å². The van der Waals surface area contributed by atoms with Crippen LogP contribution in [0.4, 0.5) is 0 Å². The summed E-state index contributed by atoms with van der Waals surface area (Å²) in [6.07, 6.45) is 9.85. The molecule has 0 N–H and O–H groups in total. The molecule has 0 spiro atoms. The largest absolute Gasteiger partial charge is 0.265 e. The van der Waals surface area contributed by atoms with Crippen molar-refractivity contribution in [1.29, 1.82) is 0 Å². The Hall–Kier alpha value is -0.617. The molecule has 0 aliphatic carbocycles. The molecule has 1 nitrogen and oxygen atoms in total. The van der Waals surface area contributed by atoms with Gasteiger partial charge in [0, 0.05) is 12.4 Å². The summed E-state index contributed by atoms with van der Waals surface area (Å²) in [5, 5.41) is 0. The average molecular weight is 353 g/mol.